The molecule has 0 saturated carbocycles. The molecule has 0 bridgehead atoms. The fourth-order valence-electron chi connectivity index (χ4n) is 2.43. The van der Waals surface area contributed by atoms with Crippen LogP contribution in [-0.2, 0) is 6.42 Å². The Morgan fingerprint density at radius 1 is 1.08 bits per heavy atom. The van der Waals surface area contributed by atoms with Crippen molar-refractivity contribution in [1.29, 1.82) is 0 Å². The number of aryl methyl sites for hydroxylation is 1. The zero-order valence-corrected chi connectivity index (χ0v) is 13.5. The van der Waals surface area contributed by atoms with E-state index in [2.05, 4.69) is 34.8 Å². The molecule has 2 amide bonds. The van der Waals surface area contributed by atoms with Crippen molar-refractivity contribution in [1.82, 2.24) is 10.5 Å². The first-order chi connectivity index (χ1) is 11.7. The molecule has 0 radical (unpaired) electrons. The Morgan fingerprint density at radius 2 is 1.83 bits per heavy atom. The molecule has 0 aliphatic rings. The maximum absolute atomic E-state index is 11.9. The summed E-state index contributed by atoms with van der Waals surface area (Å²) in [6, 6.07) is 19.2. The van der Waals surface area contributed by atoms with Gasteiger partial charge in [-0.3, -0.25) is 5.32 Å². The molecule has 0 unspecified atom stereocenters. The van der Waals surface area contributed by atoms with E-state index < -0.39 is 0 Å². The third-order valence-electron chi connectivity index (χ3n) is 3.75. The van der Waals surface area contributed by atoms with Gasteiger partial charge in [0, 0.05) is 18.2 Å². The lowest BCUT2D eigenvalue weighted by atomic mass is 10.1. The van der Waals surface area contributed by atoms with Gasteiger partial charge in [-0.15, -0.1) is 0 Å². The smallest absolute Gasteiger partial charge is 0.320 e. The largest absolute Gasteiger partial charge is 0.354 e. The fraction of sp³-hybridized carbons (Fsp3) is 0.158. The SMILES string of the molecule is Cc1ccccc1CCNC(=O)Nc1cc(-c2ccccc2)on1. The first kappa shape index (κ1) is 15.8. The van der Waals surface area contributed by atoms with Crippen molar-refractivity contribution in [2.24, 2.45) is 0 Å². The molecule has 122 valence electrons. The number of nitrogens with zero attached hydrogens (tertiary/aromatic N) is 1. The molecule has 5 nitrogen and oxygen atoms in total. The van der Waals surface area contributed by atoms with E-state index in [0.29, 0.717) is 18.1 Å². The van der Waals surface area contributed by atoms with Crippen LogP contribution in [0.1, 0.15) is 11.1 Å². The lowest BCUT2D eigenvalue weighted by molar-refractivity contribution is 0.252. The number of urea groups is 1. The van der Waals surface area contributed by atoms with Gasteiger partial charge in [-0.25, -0.2) is 4.79 Å². The number of benzene rings is 2. The summed E-state index contributed by atoms with van der Waals surface area (Å²) in [5, 5.41) is 9.37. The molecule has 3 rings (SSSR count). The zero-order chi connectivity index (χ0) is 16.8. The second-order valence-corrected chi connectivity index (χ2v) is 5.50. The Kier molecular flexibility index (Phi) is 4.91. The van der Waals surface area contributed by atoms with Crippen LogP contribution >= 0.6 is 0 Å². The van der Waals surface area contributed by atoms with Crippen LogP contribution in [0.25, 0.3) is 11.3 Å². The summed E-state index contributed by atoms with van der Waals surface area (Å²) >= 11 is 0. The van der Waals surface area contributed by atoms with E-state index in [1.54, 1.807) is 6.07 Å². The predicted molar refractivity (Wildman–Crippen MR) is 93.8 cm³/mol. The van der Waals surface area contributed by atoms with Gasteiger partial charge in [0.2, 0.25) is 0 Å². The van der Waals surface area contributed by atoms with Crippen LogP contribution in [0.2, 0.25) is 0 Å². The Bertz CT molecular complexity index is 812. The first-order valence-electron chi connectivity index (χ1n) is 7.84. The third kappa shape index (κ3) is 4.01. The quantitative estimate of drug-likeness (QED) is 0.746. The number of hydrogen-bond acceptors (Lipinski definition) is 3. The van der Waals surface area contributed by atoms with Crippen LogP contribution in [0.3, 0.4) is 0 Å². The molecule has 2 aromatic carbocycles. The molecule has 0 aliphatic carbocycles. The van der Waals surface area contributed by atoms with Crippen molar-refractivity contribution < 1.29 is 9.32 Å². The monoisotopic (exact) mass is 321 g/mol. The predicted octanol–water partition coefficient (Wildman–Crippen LogP) is 4.01. The average Bonchev–Trinajstić information content (AvgIpc) is 3.06. The number of hydrogen-bond donors (Lipinski definition) is 2. The van der Waals surface area contributed by atoms with Gasteiger partial charge >= 0.3 is 6.03 Å². The molecule has 5 heteroatoms. The van der Waals surface area contributed by atoms with E-state index in [1.165, 1.54) is 11.1 Å². The molecule has 2 N–H and O–H groups in total. The van der Waals surface area contributed by atoms with Gasteiger partial charge in [0.1, 0.15) is 0 Å². The second-order valence-electron chi connectivity index (χ2n) is 5.50. The van der Waals surface area contributed by atoms with Gasteiger partial charge in [-0.2, -0.15) is 0 Å². The molecule has 0 aliphatic heterocycles. The highest BCUT2D eigenvalue weighted by Gasteiger charge is 2.09. The maximum Gasteiger partial charge on any atom is 0.320 e. The molecular weight excluding hydrogens is 302 g/mol. The molecular formula is C19H19N3O2. The Labute approximate surface area is 140 Å². The highest BCUT2D eigenvalue weighted by atomic mass is 16.5. The molecule has 0 fully saturated rings. The van der Waals surface area contributed by atoms with Gasteiger partial charge in [-0.1, -0.05) is 59.8 Å². The van der Waals surface area contributed by atoms with Crippen molar-refractivity contribution in [3.63, 3.8) is 0 Å². The van der Waals surface area contributed by atoms with E-state index >= 15 is 0 Å². The number of rotatable bonds is 5. The van der Waals surface area contributed by atoms with Crippen molar-refractivity contribution in [3.05, 3.63) is 71.8 Å². The summed E-state index contributed by atoms with van der Waals surface area (Å²) in [5.41, 5.74) is 3.37. The Hall–Kier alpha value is -3.08. The molecule has 1 heterocycles. The summed E-state index contributed by atoms with van der Waals surface area (Å²) in [7, 11) is 0. The van der Waals surface area contributed by atoms with E-state index in [-0.39, 0.29) is 6.03 Å². The molecule has 1 aromatic heterocycles. The normalized spacial score (nSPS) is 10.4. The summed E-state index contributed by atoms with van der Waals surface area (Å²) in [5.74, 6) is 1.01. The highest BCUT2D eigenvalue weighted by molar-refractivity contribution is 5.88. The molecule has 0 saturated heterocycles. The van der Waals surface area contributed by atoms with Crippen LogP contribution in [0.15, 0.2) is 65.2 Å². The number of aromatic nitrogens is 1. The lowest BCUT2D eigenvalue weighted by Gasteiger charge is -2.07. The zero-order valence-electron chi connectivity index (χ0n) is 13.5. The summed E-state index contributed by atoms with van der Waals surface area (Å²) in [6.45, 7) is 2.62. The fourth-order valence-corrected chi connectivity index (χ4v) is 2.43. The number of anilines is 1. The van der Waals surface area contributed by atoms with E-state index in [1.807, 2.05) is 42.5 Å². The van der Waals surface area contributed by atoms with Crippen molar-refractivity contribution in [3.8, 4) is 11.3 Å². The van der Waals surface area contributed by atoms with Crippen molar-refractivity contribution in [2.45, 2.75) is 13.3 Å². The van der Waals surface area contributed by atoms with Crippen molar-refractivity contribution in [2.75, 3.05) is 11.9 Å². The molecule has 3 aromatic rings. The second kappa shape index (κ2) is 7.46. The minimum Gasteiger partial charge on any atom is -0.354 e. The van der Waals surface area contributed by atoms with Crippen LogP contribution in [0.5, 0.6) is 0 Å². The average molecular weight is 321 g/mol. The number of amides is 2. The van der Waals surface area contributed by atoms with Crippen LogP contribution in [0, 0.1) is 6.92 Å². The van der Waals surface area contributed by atoms with Gasteiger partial charge in [0.25, 0.3) is 0 Å². The van der Waals surface area contributed by atoms with E-state index in [0.717, 1.165) is 12.0 Å². The Balaban J connectivity index is 1.51. The summed E-state index contributed by atoms with van der Waals surface area (Å²) in [6.07, 6.45) is 0.786. The van der Waals surface area contributed by atoms with Gasteiger partial charge < -0.3 is 9.84 Å². The number of carbonyl (C=O) groups is 1. The van der Waals surface area contributed by atoms with Crippen molar-refractivity contribution >= 4 is 11.8 Å². The van der Waals surface area contributed by atoms with E-state index in [9.17, 15) is 4.79 Å². The number of carbonyl (C=O) groups excluding carboxylic acids is 1. The van der Waals surface area contributed by atoms with Gasteiger partial charge in [0.15, 0.2) is 11.6 Å². The summed E-state index contributed by atoms with van der Waals surface area (Å²) < 4.78 is 5.25. The van der Waals surface area contributed by atoms with E-state index in [4.69, 9.17) is 4.52 Å². The minimum absolute atomic E-state index is 0.295. The van der Waals surface area contributed by atoms with Crippen LogP contribution < -0.4 is 10.6 Å². The van der Waals surface area contributed by atoms with Gasteiger partial charge in [-0.05, 0) is 24.5 Å². The standard InChI is InChI=1S/C19H19N3O2/c1-14-7-5-6-8-15(14)11-12-20-19(23)21-18-13-17(24-22-18)16-9-3-2-4-10-16/h2-10,13H,11-12H2,1H3,(H2,20,21,22,23). The summed E-state index contributed by atoms with van der Waals surface area (Å²) in [4.78, 5) is 11.9. The van der Waals surface area contributed by atoms with Crippen LogP contribution in [0.4, 0.5) is 10.6 Å². The van der Waals surface area contributed by atoms with Gasteiger partial charge in [0.05, 0.1) is 0 Å². The third-order valence-corrected chi connectivity index (χ3v) is 3.75. The minimum atomic E-state index is -0.295. The maximum atomic E-state index is 11.9. The first-order valence-corrected chi connectivity index (χ1v) is 7.84. The molecule has 24 heavy (non-hydrogen) atoms. The molecule has 0 atom stereocenters. The highest BCUT2D eigenvalue weighted by Crippen LogP contribution is 2.21. The topological polar surface area (TPSA) is 67.2 Å². The molecule has 0 spiro atoms. The lowest BCUT2D eigenvalue weighted by Crippen LogP contribution is -2.30. The Morgan fingerprint density at radius 3 is 2.62 bits per heavy atom. The van der Waals surface area contributed by atoms with Crippen LogP contribution in [-0.4, -0.2) is 17.7 Å². The number of nitrogens with one attached hydrogen (secondary N) is 2.